The molecule has 0 radical (unpaired) electrons. The van der Waals surface area contributed by atoms with Gasteiger partial charge in [0.1, 0.15) is 0 Å². The van der Waals surface area contributed by atoms with Crippen LogP contribution in [-0.4, -0.2) is 43.8 Å². The zero-order valence-corrected chi connectivity index (χ0v) is 12.5. The molecule has 0 bridgehead atoms. The Morgan fingerprint density at radius 2 is 1.78 bits per heavy atom. The fourth-order valence-corrected chi connectivity index (χ4v) is 3.12. The van der Waals surface area contributed by atoms with Crippen molar-refractivity contribution in [3.8, 4) is 0 Å². The first-order valence-corrected chi connectivity index (χ1v) is 7.78. The Labute approximate surface area is 113 Å². The van der Waals surface area contributed by atoms with E-state index < -0.39 is 0 Å². The first-order valence-electron chi connectivity index (χ1n) is 7.78. The molecule has 3 nitrogen and oxygen atoms in total. The van der Waals surface area contributed by atoms with Gasteiger partial charge in [-0.2, -0.15) is 0 Å². The molecule has 0 aromatic carbocycles. The van der Waals surface area contributed by atoms with E-state index in [-0.39, 0.29) is 0 Å². The lowest BCUT2D eigenvalue weighted by atomic mass is 9.89. The first kappa shape index (κ1) is 15.9. The third-order valence-corrected chi connectivity index (χ3v) is 4.57. The molecular weight excluding hydrogens is 224 g/mol. The topological polar surface area (TPSA) is 38.5 Å². The van der Waals surface area contributed by atoms with Gasteiger partial charge in [-0.1, -0.05) is 33.6 Å². The van der Waals surface area contributed by atoms with Gasteiger partial charge >= 0.3 is 0 Å². The average molecular weight is 256 g/mol. The Balaban J connectivity index is 2.57. The zero-order valence-electron chi connectivity index (χ0n) is 12.5. The lowest BCUT2D eigenvalue weighted by molar-refractivity contribution is 0.0245. The van der Waals surface area contributed by atoms with E-state index in [1.165, 1.54) is 32.2 Å². The second-order valence-corrected chi connectivity index (χ2v) is 5.52. The summed E-state index contributed by atoms with van der Waals surface area (Å²) in [6.45, 7) is 11.8. The molecule has 1 heterocycles. The number of rotatable bonds is 8. The maximum Gasteiger partial charge on any atom is 0.0469 e. The van der Waals surface area contributed by atoms with Crippen molar-refractivity contribution >= 4 is 0 Å². The van der Waals surface area contributed by atoms with E-state index in [4.69, 9.17) is 10.5 Å². The highest BCUT2D eigenvalue weighted by molar-refractivity contribution is 4.82. The molecule has 1 fully saturated rings. The molecule has 0 aliphatic carbocycles. The highest BCUT2D eigenvalue weighted by atomic mass is 16.5. The molecule has 0 amide bonds. The third-order valence-electron chi connectivity index (χ3n) is 4.57. The molecule has 1 aliphatic rings. The number of hydrogen-bond donors (Lipinski definition) is 1. The van der Waals surface area contributed by atoms with Crippen molar-refractivity contribution in [2.24, 2.45) is 17.6 Å². The van der Waals surface area contributed by atoms with Gasteiger partial charge in [0.2, 0.25) is 0 Å². The van der Waals surface area contributed by atoms with Crippen LogP contribution in [0.2, 0.25) is 0 Å². The minimum atomic E-state index is 0.555. The standard InChI is InChI=1S/C15H32N2O/c1-4-13(5-2)12-17(6-3)15(11-16)14-7-9-18-10-8-14/h13-15H,4-12,16H2,1-3H3. The minimum Gasteiger partial charge on any atom is -0.381 e. The van der Waals surface area contributed by atoms with Crippen molar-refractivity contribution in [3.05, 3.63) is 0 Å². The molecule has 3 heteroatoms. The summed E-state index contributed by atoms with van der Waals surface area (Å²) >= 11 is 0. The molecule has 1 atom stereocenters. The Kier molecular flexibility index (Phi) is 7.87. The first-order chi connectivity index (χ1) is 8.76. The van der Waals surface area contributed by atoms with E-state index in [0.29, 0.717) is 6.04 Å². The van der Waals surface area contributed by atoms with Gasteiger partial charge in [0.25, 0.3) is 0 Å². The molecule has 1 rings (SSSR count). The molecule has 1 unspecified atom stereocenters. The van der Waals surface area contributed by atoms with E-state index in [9.17, 15) is 0 Å². The van der Waals surface area contributed by atoms with Gasteiger partial charge in [-0.25, -0.2) is 0 Å². The maximum absolute atomic E-state index is 6.06. The monoisotopic (exact) mass is 256 g/mol. The van der Waals surface area contributed by atoms with Gasteiger partial charge in [-0.05, 0) is 31.2 Å². The van der Waals surface area contributed by atoms with Crippen LogP contribution in [0.25, 0.3) is 0 Å². The Morgan fingerprint density at radius 3 is 2.22 bits per heavy atom. The van der Waals surface area contributed by atoms with Gasteiger partial charge < -0.3 is 10.5 Å². The number of hydrogen-bond acceptors (Lipinski definition) is 3. The number of nitrogens with zero attached hydrogens (tertiary/aromatic N) is 1. The molecule has 1 saturated heterocycles. The predicted molar refractivity (Wildman–Crippen MR) is 77.7 cm³/mol. The fourth-order valence-electron chi connectivity index (χ4n) is 3.12. The van der Waals surface area contributed by atoms with E-state index in [1.54, 1.807) is 0 Å². The van der Waals surface area contributed by atoms with E-state index in [2.05, 4.69) is 25.7 Å². The number of ether oxygens (including phenoxy) is 1. The van der Waals surface area contributed by atoms with Gasteiger partial charge in [0, 0.05) is 32.3 Å². The quantitative estimate of drug-likeness (QED) is 0.725. The van der Waals surface area contributed by atoms with Crippen molar-refractivity contribution in [2.45, 2.75) is 52.5 Å². The summed E-state index contributed by atoms with van der Waals surface area (Å²) in [6, 6.07) is 0.555. The second kappa shape index (κ2) is 8.89. The van der Waals surface area contributed by atoms with E-state index >= 15 is 0 Å². The van der Waals surface area contributed by atoms with Crippen molar-refractivity contribution in [1.82, 2.24) is 4.90 Å². The highest BCUT2D eigenvalue weighted by Gasteiger charge is 2.28. The lowest BCUT2D eigenvalue weighted by Gasteiger charge is -2.39. The molecule has 0 saturated carbocycles. The van der Waals surface area contributed by atoms with Crippen LogP contribution < -0.4 is 5.73 Å². The summed E-state index contributed by atoms with van der Waals surface area (Å²) in [5.41, 5.74) is 6.06. The number of nitrogens with two attached hydrogens (primary N) is 1. The Morgan fingerprint density at radius 1 is 1.17 bits per heavy atom. The van der Waals surface area contributed by atoms with Crippen LogP contribution in [-0.2, 0) is 4.74 Å². The summed E-state index contributed by atoms with van der Waals surface area (Å²) in [6.07, 6.45) is 4.92. The van der Waals surface area contributed by atoms with Crippen LogP contribution in [0.15, 0.2) is 0 Å². The summed E-state index contributed by atoms with van der Waals surface area (Å²) in [5, 5.41) is 0. The molecule has 0 aromatic heterocycles. The predicted octanol–water partition coefficient (Wildman–Crippen LogP) is 2.50. The summed E-state index contributed by atoms with van der Waals surface area (Å²) < 4.78 is 5.47. The van der Waals surface area contributed by atoms with E-state index in [0.717, 1.165) is 38.1 Å². The van der Waals surface area contributed by atoms with E-state index in [1.807, 2.05) is 0 Å². The SMILES string of the molecule is CCC(CC)CN(CC)C(CN)C1CCOCC1. The van der Waals surface area contributed by atoms with Crippen LogP contribution >= 0.6 is 0 Å². The van der Waals surface area contributed by atoms with Crippen LogP contribution in [0, 0.1) is 11.8 Å². The second-order valence-electron chi connectivity index (χ2n) is 5.52. The average Bonchev–Trinajstić information content (AvgIpc) is 2.44. The molecule has 2 N–H and O–H groups in total. The van der Waals surface area contributed by atoms with Crippen LogP contribution in [0.5, 0.6) is 0 Å². The maximum atomic E-state index is 6.06. The Hall–Kier alpha value is -0.120. The normalized spacial score (nSPS) is 19.7. The van der Waals surface area contributed by atoms with Crippen LogP contribution in [0.4, 0.5) is 0 Å². The summed E-state index contributed by atoms with van der Waals surface area (Å²) in [5.74, 6) is 1.55. The fraction of sp³-hybridized carbons (Fsp3) is 1.00. The molecule has 0 aromatic rings. The molecule has 18 heavy (non-hydrogen) atoms. The zero-order chi connectivity index (χ0) is 13.4. The molecule has 108 valence electrons. The lowest BCUT2D eigenvalue weighted by Crippen LogP contribution is -2.48. The van der Waals surface area contributed by atoms with Crippen molar-refractivity contribution in [3.63, 3.8) is 0 Å². The van der Waals surface area contributed by atoms with Gasteiger partial charge in [-0.15, -0.1) is 0 Å². The molecular formula is C15H32N2O. The van der Waals surface area contributed by atoms with Crippen LogP contribution in [0.3, 0.4) is 0 Å². The summed E-state index contributed by atoms with van der Waals surface area (Å²) in [7, 11) is 0. The van der Waals surface area contributed by atoms with Gasteiger partial charge in [-0.3, -0.25) is 4.90 Å². The Bertz CT molecular complexity index is 201. The van der Waals surface area contributed by atoms with Gasteiger partial charge in [0.05, 0.1) is 0 Å². The minimum absolute atomic E-state index is 0.555. The van der Waals surface area contributed by atoms with Crippen LogP contribution in [0.1, 0.15) is 46.5 Å². The molecule has 1 aliphatic heterocycles. The third kappa shape index (κ3) is 4.52. The summed E-state index contributed by atoms with van der Waals surface area (Å²) in [4.78, 5) is 2.62. The van der Waals surface area contributed by atoms with Crippen molar-refractivity contribution in [1.29, 1.82) is 0 Å². The van der Waals surface area contributed by atoms with Crippen molar-refractivity contribution in [2.75, 3.05) is 32.8 Å². The van der Waals surface area contributed by atoms with Crippen molar-refractivity contribution < 1.29 is 4.74 Å². The van der Waals surface area contributed by atoms with Gasteiger partial charge in [0.15, 0.2) is 0 Å². The number of likely N-dealkylation sites (N-methyl/N-ethyl adjacent to an activating group) is 1. The largest absolute Gasteiger partial charge is 0.381 e. The highest BCUT2D eigenvalue weighted by Crippen LogP contribution is 2.24. The molecule has 0 spiro atoms. The smallest absolute Gasteiger partial charge is 0.0469 e.